The maximum atomic E-state index is 12.9. The van der Waals surface area contributed by atoms with Crippen molar-refractivity contribution in [2.45, 2.75) is 44.3 Å². The molecule has 29 heavy (non-hydrogen) atoms. The number of carbonyl (C=O) groups is 1. The van der Waals surface area contributed by atoms with Gasteiger partial charge in [0.05, 0.1) is 16.7 Å². The average Bonchev–Trinajstić information content (AvgIpc) is 3.04. The van der Waals surface area contributed by atoms with E-state index in [1.54, 1.807) is 11.0 Å². The SMILES string of the molecule is N#Cc1cnc(N[C@@H]2CCC[C@H](N3Cc4ccc([N+](=O)[O-])cc4C3=O)C2)nc1Cl. The Balaban J connectivity index is 1.46. The van der Waals surface area contributed by atoms with Gasteiger partial charge < -0.3 is 10.2 Å². The first-order valence-electron chi connectivity index (χ1n) is 9.23. The number of carbonyl (C=O) groups excluding carboxylic acids is 1. The molecule has 1 N–H and O–H groups in total. The van der Waals surface area contributed by atoms with Gasteiger partial charge >= 0.3 is 0 Å². The molecule has 0 unspecified atom stereocenters. The zero-order valence-electron chi connectivity index (χ0n) is 15.3. The van der Waals surface area contributed by atoms with Crippen LogP contribution >= 0.6 is 11.6 Å². The molecule has 1 aromatic carbocycles. The van der Waals surface area contributed by atoms with Gasteiger partial charge in [-0.25, -0.2) is 4.98 Å². The third-order valence-electron chi connectivity index (χ3n) is 5.42. The number of amides is 1. The van der Waals surface area contributed by atoms with Crippen LogP contribution in [0.4, 0.5) is 11.6 Å². The van der Waals surface area contributed by atoms with Gasteiger partial charge in [0.25, 0.3) is 11.6 Å². The maximum Gasteiger partial charge on any atom is 0.270 e. The molecule has 2 atom stereocenters. The first-order valence-corrected chi connectivity index (χ1v) is 9.61. The fraction of sp³-hybridized carbons (Fsp3) is 0.368. The minimum Gasteiger partial charge on any atom is -0.351 e. The van der Waals surface area contributed by atoms with Crippen molar-refractivity contribution in [3.05, 3.63) is 56.4 Å². The second-order valence-electron chi connectivity index (χ2n) is 7.20. The maximum absolute atomic E-state index is 12.9. The van der Waals surface area contributed by atoms with Gasteiger partial charge in [-0.3, -0.25) is 14.9 Å². The van der Waals surface area contributed by atoms with Gasteiger partial charge in [0.15, 0.2) is 5.15 Å². The van der Waals surface area contributed by atoms with E-state index in [9.17, 15) is 14.9 Å². The molecule has 9 nitrogen and oxygen atoms in total. The summed E-state index contributed by atoms with van der Waals surface area (Å²) in [6.45, 7) is 0.461. The molecule has 1 saturated carbocycles. The number of non-ortho nitro benzene ring substituents is 1. The van der Waals surface area contributed by atoms with Crippen LogP contribution in [-0.2, 0) is 6.54 Å². The largest absolute Gasteiger partial charge is 0.351 e. The van der Waals surface area contributed by atoms with E-state index in [0.29, 0.717) is 24.5 Å². The van der Waals surface area contributed by atoms with Crippen molar-refractivity contribution in [1.29, 1.82) is 5.26 Å². The number of hydrogen-bond donors (Lipinski definition) is 1. The summed E-state index contributed by atoms with van der Waals surface area (Å²) in [5, 5.41) is 23.3. The topological polar surface area (TPSA) is 125 Å². The molecule has 0 saturated heterocycles. The first-order chi connectivity index (χ1) is 14.0. The van der Waals surface area contributed by atoms with E-state index in [0.717, 1.165) is 24.8 Å². The number of anilines is 1. The standard InChI is InChI=1S/C19H17ClN6O3/c20-17-12(8-21)9-22-19(24-17)23-13-2-1-3-14(6-13)25-10-11-4-5-15(26(28)29)7-16(11)18(25)27/h4-5,7,9,13-14H,1-3,6,10H2,(H,22,23,24)/t13-,14+/m1/s1. The Morgan fingerprint density at radius 1 is 1.38 bits per heavy atom. The second kappa shape index (κ2) is 7.64. The molecule has 10 heteroatoms. The molecule has 1 amide bonds. The van der Waals surface area contributed by atoms with Crippen LogP contribution in [-0.4, -0.2) is 37.8 Å². The summed E-state index contributed by atoms with van der Waals surface area (Å²) in [6.07, 6.45) is 4.79. The Kier molecular flexibility index (Phi) is 5.03. The van der Waals surface area contributed by atoms with Crippen LogP contribution in [0, 0.1) is 21.4 Å². The van der Waals surface area contributed by atoms with Crippen molar-refractivity contribution in [2.75, 3.05) is 5.32 Å². The molecular formula is C19H17ClN6O3. The molecule has 0 spiro atoms. The van der Waals surface area contributed by atoms with Crippen LogP contribution < -0.4 is 5.32 Å². The van der Waals surface area contributed by atoms with Crippen LogP contribution in [0.15, 0.2) is 24.4 Å². The number of nitrogens with zero attached hydrogens (tertiary/aromatic N) is 5. The van der Waals surface area contributed by atoms with E-state index in [1.807, 2.05) is 6.07 Å². The lowest BCUT2D eigenvalue weighted by Gasteiger charge is -2.35. The Labute approximate surface area is 171 Å². The van der Waals surface area contributed by atoms with Crippen molar-refractivity contribution in [1.82, 2.24) is 14.9 Å². The smallest absolute Gasteiger partial charge is 0.270 e. The van der Waals surface area contributed by atoms with Crippen LogP contribution in [0.3, 0.4) is 0 Å². The van der Waals surface area contributed by atoms with Crippen LogP contribution in [0.5, 0.6) is 0 Å². The van der Waals surface area contributed by atoms with Crippen molar-refractivity contribution >= 4 is 29.1 Å². The number of rotatable bonds is 4. The predicted molar refractivity (Wildman–Crippen MR) is 104 cm³/mol. The van der Waals surface area contributed by atoms with E-state index < -0.39 is 4.92 Å². The van der Waals surface area contributed by atoms with Crippen LogP contribution in [0.2, 0.25) is 5.15 Å². The molecule has 0 radical (unpaired) electrons. The van der Waals surface area contributed by atoms with Gasteiger partial charge in [0, 0.05) is 30.8 Å². The minimum absolute atomic E-state index is 0.0223. The second-order valence-corrected chi connectivity index (χ2v) is 7.56. The Hall–Kier alpha value is -3.25. The van der Waals surface area contributed by atoms with E-state index in [2.05, 4.69) is 15.3 Å². The molecule has 2 heterocycles. The zero-order valence-corrected chi connectivity index (χ0v) is 16.1. The highest BCUT2D eigenvalue weighted by Gasteiger charge is 2.36. The summed E-state index contributed by atoms with van der Waals surface area (Å²) in [5.41, 5.74) is 1.37. The summed E-state index contributed by atoms with van der Waals surface area (Å²) in [5.74, 6) is 0.193. The molecule has 2 aliphatic rings. The number of halogens is 1. The highest BCUT2D eigenvalue weighted by Crippen LogP contribution is 2.33. The minimum atomic E-state index is -0.487. The van der Waals surface area contributed by atoms with Crippen molar-refractivity contribution in [2.24, 2.45) is 0 Å². The zero-order chi connectivity index (χ0) is 20.5. The normalized spacial score (nSPS) is 20.8. The van der Waals surface area contributed by atoms with E-state index in [4.69, 9.17) is 16.9 Å². The number of benzene rings is 1. The Morgan fingerprint density at radius 2 is 2.21 bits per heavy atom. The number of nitro benzene ring substituents is 1. The molecule has 1 fully saturated rings. The van der Waals surface area contributed by atoms with Gasteiger partial charge in [-0.05, 0) is 37.3 Å². The molecule has 1 aliphatic heterocycles. The first kappa shape index (κ1) is 19.1. The number of fused-ring (bicyclic) bond motifs is 1. The third kappa shape index (κ3) is 3.71. The third-order valence-corrected chi connectivity index (χ3v) is 5.71. The average molecular weight is 413 g/mol. The van der Waals surface area contributed by atoms with E-state index >= 15 is 0 Å². The molecule has 0 bridgehead atoms. The van der Waals surface area contributed by atoms with Gasteiger partial charge in [-0.1, -0.05) is 11.6 Å². The molecule has 148 valence electrons. The summed E-state index contributed by atoms with van der Waals surface area (Å²) < 4.78 is 0. The predicted octanol–water partition coefficient (Wildman–Crippen LogP) is 3.29. The number of nitriles is 1. The van der Waals surface area contributed by atoms with Crippen LogP contribution in [0.25, 0.3) is 0 Å². The molecular weight excluding hydrogens is 396 g/mol. The lowest BCUT2D eigenvalue weighted by Crippen LogP contribution is -2.42. The summed E-state index contributed by atoms with van der Waals surface area (Å²) in [7, 11) is 0. The molecule has 1 aliphatic carbocycles. The van der Waals surface area contributed by atoms with Gasteiger partial charge in [0.2, 0.25) is 5.95 Å². The Bertz CT molecular complexity index is 1040. The monoisotopic (exact) mass is 412 g/mol. The fourth-order valence-electron chi connectivity index (χ4n) is 3.99. The highest BCUT2D eigenvalue weighted by atomic mass is 35.5. The number of hydrogen-bond acceptors (Lipinski definition) is 7. The number of nitro groups is 1. The summed E-state index contributed by atoms with van der Waals surface area (Å²) in [6, 6.07) is 6.47. The number of nitrogens with one attached hydrogen (secondary N) is 1. The fourth-order valence-corrected chi connectivity index (χ4v) is 4.16. The Morgan fingerprint density at radius 3 is 2.93 bits per heavy atom. The van der Waals surface area contributed by atoms with Gasteiger partial charge in [-0.2, -0.15) is 10.2 Å². The lowest BCUT2D eigenvalue weighted by molar-refractivity contribution is -0.384. The van der Waals surface area contributed by atoms with Crippen LogP contribution in [0.1, 0.15) is 47.2 Å². The van der Waals surface area contributed by atoms with Crippen molar-refractivity contribution in [3.63, 3.8) is 0 Å². The number of aromatic nitrogens is 2. The van der Waals surface area contributed by atoms with Crippen molar-refractivity contribution < 1.29 is 9.72 Å². The quantitative estimate of drug-likeness (QED) is 0.464. The molecule has 4 rings (SSSR count). The summed E-state index contributed by atoms with van der Waals surface area (Å²) in [4.78, 5) is 33.4. The van der Waals surface area contributed by atoms with E-state index in [1.165, 1.54) is 18.3 Å². The highest BCUT2D eigenvalue weighted by molar-refractivity contribution is 6.30. The van der Waals surface area contributed by atoms with Gasteiger partial charge in [-0.15, -0.1) is 0 Å². The molecule has 2 aromatic rings. The lowest BCUT2D eigenvalue weighted by atomic mass is 9.90. The van der Waals surface area contributed by atoms with Gasteiger partial charge in [0.1, 0.15) is 11.6 Å². The molecule has 1 aromatic heterocycles. The summed E-state index contributed by atoms with van der Waals surface area (Å²) >= 11 is 5.97. The van der Waals surface area contributed by atoms with Crippen molar-refractivity contribution in [3.8, 4) is 6.07 Å². The van der Waals surface area contributed by atoms with E-state index in [-0.39, 0.29) is 34.4 Å².